The molecule has 0 N–H and O–H groups in total. The van der Waals surface area contributed by atoms with E-state index >= 15 is 0 Å². The Balaban J connectivity index is 2.36. The molecule has 0 fully saturated rings. The number of anilines is 1. The lowest BCUT2D eigenvalue weighted by Crippen LogP contribution is -2.32. The molecule has 0 aliphatic carbocycles. The average Bonchev–Trinajstić information content (AvgIpc) is 2.68. The Morgan fingerprint density at radius 1 is 1.07 bits per heavy atom. The Bertz CT molecular complexity index is 759. The predicted molar refractivity (Wildman–Crippen MR) is 105 cm³/mol. The second-order valence-electron chi connectivity index (χ2n) is 6.41. The molecule has 28 heavy (non-hydrogen) atoms. The normalized spacial score (nSPS) is 10.9. The lowest BCUT2D eigenvalue weighted by molar-refractivity contribution is -0.385. The largest absolute Gasteiger partial charge is 0.434 e. The smallest absolute Gasteiger partial charge is 0.373 e. The van der Waals surface area contributed by atoms with Crippen molar-refractivity contribution in [2.24, 2.45) is 0 Å². The molecule has 1 aromatic carbocycles. The molecule has 9 heteroatoms. The molecule has 1 aromatic heterocycles. The van der Waals surface area contributed by atoms with E-state index in [-0.39, 0.29) is 17.4 Å². The number of ether oxygens (including phenoxy) is 3. The number of methoxy groups -OCH3 is 2. The summed E-state index contributed by atoms with van der Waals surface area (Å²) in [6.07, 6.45) is 1.26. The minimum absolute atomic E-state index is 0.105. The number of nitrogens with zero attached hydrogens (tertiary/aromatic N) is 4. The Morgan fingerprint density at radius 2 is 1.68 bits per heavy atom. The van der Waals surface area contributed by atoms with Gasteiger partial charge in [-0.2, -0.15) is 4.98 Å². The summed E-state index contributed by atoms with van der Waals surface area (Å²) in [5.41, 5.74) is 0.859. The zero-order chi connectivity index (χ0) is 20.5. The van der Waals surface area contributed by atoms with E-state index in [0.29, 0.717) is 38.0 Å². The summed E-state index contributed by atoms with van der Waals surface area (Å²) in [6.45, 7) is 5.79. The maximum atomic E-state index is 11.8. The van der Waals surface area contributed by atoms with Gasteiger partial charge in [0.15, 0.2) is 0 Å². The van der Waals surface area contributed by atoms with Gasteiger partial charge >= 0.3 is 11.6 Å². The Hall–Kier alpha value is -2.78. The number of rotatable bonds is 11. The van der Waals surface area contributed by atoms with Crippen LogP contribution in [0.3, 0.4) is 0 Å². The van der Waals surface area contributed by atoms with Crippen LogP contribution in [0, 0.1) is 10.1 Å². The summed E-state index contributed by atoms with van der Waals surface area (Å²) in [7, 11) is 3.14. The highest BCUT2D eigenvalue weighted by Gasteiger charge is 2.28. The third kappa shape index (κ3) is 5.61. The van der Waals surface area contributed by atoms with Gasteiger partial charge in [0.1, 0.15) is 12.1 Å². The molecular formula is C19H26N4O5. The third-order valence-electron chi connectivity index (χ3n) is 4.14. The molecule has 0 amide bonds. The van der Waals surface area contributed by atoms with Crippen molar-refractivity contribution in [3.05, 3.63) is 46.3 Å². The molecule has 2 rings (SSSR count). The third-order valence-corrected chi connectivity index (χ3v) is 4.14. The van der Waals surface area contributed by atoms with Crippen LogP contribution >= 0.6 is 0 Å². The first-order chi connectivity index (χ1) is 13.5. The zero-order valence-corrected chi connectivity index (χ0v) is 16.6. The van der Waals surface area contributed by atoms with Gasteiger partial charge in [0.2, 0.25) is 5.82 Å². The van der Waals surface area contributed by atoms with Gasteiger partial charge in [-0.3, -0.25) is 10.1 Å². The van der Waals surface area contributed by atoms with Gasteiger partial charge in [0.25, 0.3) is 0 Å². The highest BCUT2D eigenvalue weighted by atomic mass is 16.6. The van der Waals surface area contributed by atoms with E-state index in [9.17, 15) is 10.1 Å². The first-order valence-corrected chi connectivity index (χ1v) is 8.98. The molecule has 0 unspecified atom stereocenters. The van der Waals surface area contributed by atoms with E-state index in [1.165, 1.54) is 6.33 Å². The van der Waals surface area contributed by atoms with Crippen LogP contribution in [-0.2, 0) is 9.47 Å². The van der Waals surface area contributed by atoms with E-state index in [2.05, 4.69) is 23.8 Å². The average molecular weight is 390 g/mol. The van der Waals surface area contributed by atoms with E-state index in [4.69, 9.17) is 14.2 Å². The number of benzene rings is 1. The van der Waals surface area contributed by atoms with Crippen molar-refractivity contribution in [1.82, 2.24) is 9.97 Å². The molecule has 1 heterocycles. The van der Waals surface area contributed by atoms with Crippen LogP contribution in [0.1, 0.15) is 25.3 Å². The summed E-state index contributed by atoms with van der Waals surface area (Å²) in [5.74, 6) is 0.914. The highest BCUT2D eigenvalue weighted by molar-refractivity contribution is 5.63. The van der Waals surface area contributed by atoms with Crippen LogP contribution < -0.4 is 9.64 Å². The van der Waals surface area contributed by atoms with Crippen LogP contribution in [0.2, 0.25) is 0 Å². The van der Waals surface area contributed by atoms with Crippen molar-refractivity contribution in [2.75, 3.05) is 45.4 Å². The van der Waals surface area contributed by atoms with Crippen molar-refractivity contribution < 1.29 is 19.1 Å². The van der Waals surface area contributed by atoms with Gasteiger partial charge < -0.3 is 19.1 Å². The Kier molecular flexibility index (Phi) is 8.09. The molecule has 0 saturated heterocycles. The van der Waals surface area contributed by atoms with Gasteiger partial charge in [0.05, 0.1) is 18.1 Å². The molecule has 0 saturated carbocycles. The van der Waals surface area contributed by atoms with E-state index in [1.807, 2.05) is 12.1 Å². The maximum absolute atomic E-state index is 11.8. The standard InChI is InChI=1S/C19H26N4O5/c1-14(2)15-5-7-16(8-6-15)28-19-17(23(24)25)18(20-13-21-19)22(9-11-26-3)10-12-27-4/h5-8,13-14H,9-12H2,1-4H3. The van der Waals surface area contributed by atoms with Crippen LogP contribution in [0.4, 0.5) is 11.5 Å². The van der Waals surface area contributed by atoms with E-state index < -0.39 is 4.92 Å². The first-order valence-electron chi connectivity index (χ1n) is 8.98. The van der Waals surface area contributed by atoms with Gasteiger partial charge in [-0.05, 0) is 23.6 Å². The molecule has 0 spiro atoms. The van der Waals surface area contributed by atoms with Crippen LogP contribution in [0.5, 0.6) is 11.6 Å². The molecule has 9 nitrogen and oxygen atoms in total. The molecule has 2 aromatic rings. The molecule has 152 valence electrons. The zero-order valence-electron chi connectivity index (χ0n) is 16.6. The van der Waals surface area contributed by atoms with Gasteiger partial charge in [-0.25, -0.2) is 4.98 Å². The summed E-state index contributed by atoms with van der Waals surface area (Å²) in [5, 5.41) is 11.8. The topological polar surface area (TPSA) is 99.9 Å². The lowest BCUT2D eigenvalue weighted by atomic mass is 10.0. The SMILES string of the molecule is COCCN(CCOC)c1ncnc(Oc2ccc(C(C)C)cc2)c1[N+](=O)[O-]. The molecule has 0 atom stereocenters. The van der Waals surface area contributed by atoms with Crippen molar-refractivity contribution in [1.29, 1.82) is 0 Å². The van der Waals surface area contributed by atoms with Crippen LogP contribution in [0.25, 0.3) is 0 Å². The molecule has 0 radical (unpaired) electrons. The predicted octanol–water partition coefficient (Wildman–Crippen LogP) is 3.40. The summed E-state index contributed by atoms with van der Waals surface area (Å²) < 4.78 is 15.9. The lowest BCUT2D eigenvalue weighted by Gasteiger charge is -2.22. The van der Waals surface area contributed by atoms with Gasteiger partial charge in [0, 0.05) is 27.3 Å². The van der Waals surface area contributed by atoms with Crippen molar-refractivity contribution in [2.45, 2.75) is 19.8 Å². The fraction of sp³-hybridized carbons (Fsp3) is 0.474. The first kappa shape index (κ1) is 21.5. The van der Waals surface area contributed by atoms with Crippen molar-refractivity contribution in [3.63, 3.8) is 0 Å². The minimum atomic E-state index is -0.528. The van der Waals surface area contributed by atoms with Crippen molar-refractivity contribution in [3.8, 4) is 11.6 Å². The fourth-order valence-corrected chi connectivity index (χ4v) is 2.58. The molecular weight excluding hydrogens is 364 g/mol. The summed E-state index contributed by atoms with van der Waals surface area (Å²) in [6, 6.07) is 7.40. The van der Waals surface area contributed by atoms with Crippen LogP contribution in [0.15, 0.2) is 30.6 Å². The number of aromatic nitrogens is 2. The van der Waals surface area contributed by atoms with Crippen LogP contribution in [-0.4, -0.2) is 55.4 Å². The maximum Gasteiger partial charge on any atom is 0.373 e. The Labute approximate surface area is 164 Å². The molecule has 0 aliphatic heterocycles. The molecule has 0 aliphatic rings. The van der Waals surface area contributed by atoms with Gasteiger partial charge in [-0.15, -0.1) is 0 Å². The highest BCUT2D eigenvalue weighted by Crippen LogP contribution is 2.36. The van der Waals surface area contributed by atoms with Gasteiger partial charge in [-0.1, -0.05) is 26.0 Å². The number of hydrogen-bond donors (Lipinski definition) is 0. The quantitative estimate of drug-likeness (QED) is 0.425. The summed E-state index contributed by atoms with van der Waals surface area (Å²) in [4.78, 5) is 21.1. The monoisotopic (exact) mass is 390 g/mol. The second-order valence-corrected chi connectivity index (χ2v) is 6.41. The Morgan fingerprint density at radius 3 is 2.18 bits per heavy atom. The number of nitro groups is 1. The fourth-order valence-electron chi connectivity index (χ4n) is 2.58. The summed E-state index contributed by atoms with van der Waals surface area (Å²) >= 11 is 0. The van der Waals surface area contributed by atoms with E-state index in [0.717, 1.165) is 5.56 Å². The number of hydrogen-bond acceptors (Lipinski definition) is 8. The van der Waals surface area contributed by atoms with Crippen molar-refractivity contribution >= 4 is 11.5 Å². The second kappa shape index (κ2) is 10.5. The molecule has 0 bridgehead atoms. The van der Waals surface area contributed by atoms with E-state index in [1.54, 1.807) is 31.3 Å². The minimum Gasteiger partial charge on any atom is -0.434 e.